The number of carbonyl (C=O) groups excluding carboxylic acids is 1. The highest BCUT2D eigenvalue weighted by Crippen LogP contribution is 2.20. The largest absolute Gasteiger partial charge is 0.461 e. The number of carbonyl (C=O) groups is 1. The van der Waals surface area contributed by atoms with Crippen LogP contribution in [0.25, 0.3) is 0 Å². The van der Waals surface area contributed by atoms with Gasteiger partial charge in [-0.1, -0.05) is 20.3 Å². The molecule has 0 saturated carbocycles. The Kier molecular flexibility index (Phi) is 5.00. The number of aryl methyl sites for hydroxylation is 1. The van der Waals surface area contributed by atoms with Gasteiger partial charge in [0.05, 0.1) is 6.61 Å². The Hall–Kier alpha value is -1.52. The first-order valence-electron chi connectivity index (χ1n) is 6.17. The van der Waals surface area contributed by atoms with Crippen LogP contribution < -0.4 is 5.73 Å². The van der Waals surface area contributed by atoms with E-state index in [2.05, 4.69) is 5.10 Å². The fourth-order valence-electron chi connectivity index (χ4n) is 1.75. The minimum absolute atomic E-state index is 0.352. The molecule has 17 heavy (non-hydrogen) atoms. The van der Waals surface area contributed by atoms with Gasteiger partial charge in [0, 0.05) is 12.1 Å². The number of nitrogens with two attached hydrogens (primary N) is 1. The molecule has 0 atom stereocenters. The number of nitrogens with zero attached hydrogens (tertiary/aromatic N) is 2. The summed E-state index contributed by atoms with van der Waals surface area (Å²) >= 11 is 0. The minimum atomic E-state index is -0.377. The Morgan fingerprint density at radius 3 is 2.59 bits per heavy atom. The molecule has 0 amide bonds. The van der Waals surface area contributed by atoms with E-state index in [9.17, 15) is 4.79 Å². The molecule has 0 aliphatic heterocycles. The van der Waals surface area contributed by atoms with Crippen molar-refractivity contribution in [3.8, 4) is 0 Å². The summed E-state index contributed by atoms with van der Waals surface area (Å²) in [6.45, 7) is 6.95. The molecule has 96 valence electrons. The average Bonchev–Trinajstić information content (AvgIpc) is 2.59. The van der Waals surface area contributed by atoms with Crippen LogP contribution in [0, 0.1) is 0 Å². The lowest BCUT2D eigenvalue weighted by molar-refractivity contribution is 0.0517. The van der Waals surface area contributed by atoms with E-state index >= 15 is 0 Å². The molecular formula is C12H21N3O2. The van der Waals surface area contributed by atoms with Gasteiger partial charge >= 0.3 is 5.97 Å². The van der Waals surface area contributed by atoms with Gasteiger partial charge in [-0.25, -0.2) is 9.48 Å². The summed E-state index contributed by atoms with van der Waals surface area (Å²) in [5.41, 5.74) is 7.20. The van der Waals surface area contributed by atoms with Crippen LogP contribution in [0.2, 0.25) is 0 Å². The molecule has 0 aliphatic rings. The summed E-state index contributed by atoms with van der Waals surface area (Å²) in [6, 6.07) is 0. The molecule has 1 aromatic heterocycles. The Bertz CT molecular complexity index is 385. The Balaban J connectivity index is 3.08. The molecular weight excluding hydrogens is 218 g/mol. The molecule has 5 nitrogen and oxygen atoms in total. The molecule has 0 fully saturated rings. The van der Waals surface area contributed by atoms with Gasteiger partial charge in [-0.3, -0.25) is 0 Å². The summed E-state index contributed by atoms with van der Waals surface area (Å²) in [5.74, 6) is 0.217. The molecule has 1 aromatic rings. The molecule has 2 N–H and O–H groups in total. The van der Waals surface area contributed by atoms with Crippen LogP contribution in [0.5, 0.6) is 0 Å². The molecule has 1 rings (SSSR count). The Morgan fingerprint density at radius 2 is 2.06 bits per heavy atom. The van der Waals surface area contributed by atoms with E-state index in [0.29, 0.717) is 18.1 Å². The van der Waals surface area contributed by atoms with Crippen molar-refractivity contribution in [2.75, 3.05) is 12.3 Å². The number of aromatic nitrogens is 2. The van der Waals surface area contributed by atoms with E-state index in [0.717, 1.165) is 31.4 Å². The molecule has 0 aromatic carbocycles. The first-order valence-corrected chi connectivity index (χ1v) is 6.17. The van der Waals surface area contributed by atoms with Crippen molar-refractivity contribution in [1.29, 1.82) is 0 Å². The van der Waals surface area contributed by atoms with Gasteiger partial charge < -0.3 is 10.5 Å². The maximum absolute atomic E-state index is 11.8. The highest BCUT2D eigenvalue weighted by atomic mass is 16.5. The standard InChI is InChI=1S/C12H21N3O2/c1-4-7-9-10(12(16)17-6-3)14-15(8-5-2)11(9)13/h4-8,13H2,1-3H3. The van der Waals surface area contributed by atoms with Crippen LogP contribution in [-0.4, -0.2) is 22.4 Å². The quantitative estimate of drug-likeness (QED) is 0.771. The third kappa shape index (κ3) is 2.99. The average molecular weight is 239 g/mol. The highest BCUT2D eigenvalue weighted by Gasteiger charge is 2.21. The molecule has 1 heterocycles. The van der Waals surface area contributed by atoms with Crippen LogP contribution in [0.15, 0.2) is 0 Å². The van der Waals surface area contributed by atoms with Crippen molar-refractivity contribution >= 4 is 11.8 Å². The zero-order valence-corrected chi connectivity index (χ0v) is 10.8. The van der Waals surface area contributed by atoms with Crippen molar-refractivity contribution < 1.29 is 9.53 Å². The molecule has 0 unspecified atom stereocenters. The van der Waals surface area contributed by atoms with Gasteiger partial charge in [-0.2, -0.15) is 5.10 Å². The van der Waals surface area contributed by atoms with E-state index in [-0.39, 0.29) is 5.97 Å². The summed E-state index contributed by atoms with van der Waals surface area (Å²) in [4.78, 5) is 11.8. The van der Waals surface area contributed by atoms with Crippen LogP contribution >= 0.6 is 0 Å². The predicted octanol–water partition coefficient (Wildman–Crippen LogP) is 2.00. The zero-order valence-electron chi connectivity index (χ0n) is 10.8. The Morgan fingerprint density at radius 1 is 1.35 bits per heavy atom. The molecule has 0 saturated heterocycles. The lowest BCUT2D eigenvalue weighted by Gasteiger charge is -2.02. The van der Waals surface area contributed by atoms with Crippen molar-refractivity contribution in [2.45, 2.75) is 46.6 Å². The van der Waals surface area contributed by atoms with E-state index in [1.54, 1.807) is 11.6 Å². The van der Waals surface area contributed by atoms with Gasteiger partial charge in [-0.15, -0.1) is 0 Å². The van der Waals surface area contributed by atoms with Crippen LogP contribution in [-0.2, 0) is 17.7 Å². The molecule has 0 spiro atoms. The maximum atomic E-state index is 11.8. The molecule has 0 bridgehead atoms. The van der Waals surface area contributed by atoms with E-state index in [4.69, 9.17) is 10.5 Å². The third-order valence-corrected chi connectivity index (χ3v) is 2.50. The van der Waals surface area contributed by atoms with E-state index < -0.39 is 0 Å². The number of hydrogen-bond acceptors (Lipinski definition) is 4. The van der Waals surface area contributed by atoms with Gasteiger partial charge in [0.1, 0.15) is 5.82 Å². The lowest BCUT2D eigenvalue weighted by Crippen LogP contribution is -2.09. The summed E-state index contributed by atoms with van der Waals surface area (Å²) < 4.78 is 6.68. The number of rotatable bonds is 6. The minimum Gasteiger partial charge on any atom is -0.461 e. The third-order valence-electron chi connectivity index (χ3n) is 2.50. The van der Waals surface area contributed by atoms with Crippen molar-refractivity contribution in [1.82, 2.24) is 9.78 Å². The smallest absolute Gasteiger partial charge is 0.359 e. The molecule has 0 aliphatic carbocycles. The second-order valence-corrected chi connectivity index (χ2v) is 3.91. The van der Waals surface area contributed by atoms with Gasteiger partial charge in [-0.05, 0) is 19.8 Å². The van der Waals surface area contributed by atoms with E-state index in [1.807, 2.05) is 13.8 Å². The number of hydrogen-bond donors (Lipinski definition) is 1. The maximum Gasteiger partial charge on any atom is 0.359 e. The summed E-state index contributed by atoms with van der Waals surface area (Å²) in [5, 5.41) is 4.25. The Labute approximate surface area is 102 Å². The van der Waals surface area contributed by atoms with Gasteiger partial charge in [0.25, 0.3) is 0 Å². The normalized spacial score (nSPS) is 10.5. The summed E-state index contributed by atoms with van der Waals surface area (Å²) in [7, 11) is 0. The number of anilines is 1. The van der Waals surface area contributed by atoms with Crippen LogP contribution in [0.3, 0.4) is 0 Å². The second kappa shape index (κ2) is 6.27. The lowest BCUT2D eigenvalue weighted by atomic mass is 10.1. The van der Waals surface area contributed by atoms with Gasteiger partial charge in [0.2, 0.25) is 0 Å². The zero-order chi connectivity index (χ0) is 12.8. The van der Waals surface area contributed by atoms with Gasteiger partial charge in [0.15, 0.2) is 5.69 Å². The van der Waals surface area contributed by atoms with Crippen LogP contribution in [0.4, 0.5) is 5.82 Å². The second-order valence-electron chi connectivity index (χ2n) is 3.91. The first kappa shape index (κ1) is 13.5. The highest BCUT2D eigenvalue weighted by molar-refractivity contribution is 5.90. The summed E-state index contributed by atoms with van der Waals surface area (Å²) in [6.07, 6.45) is 2.61. The fraction of sp³-hybridized carbons (Fsp3) is 0.667. The molecule has 0 radical (unpaired) electrons. The topological polar surface area (TPSA) is 70.1 Å². The van der Waals surface area contributed by atoms with E-state index in [1.165, 1.54) is 0 Å². The molecule has 5 heteroatoms. The SMILES string of the molecule is CCCc1c(C(=O)OCC)nn(CCC)c1N. The predicted molar refractivity (Wildman–Crippen MR) is 66.9 cm³/mol. The number of esters is 1. The van der Waals surface area contributed by atoms with Crippen molar-refractivity contribution in [3.63, 3.8) is 0 Å². The number of nitrogen functional groups attached to an aromatic ring is 1. The monoisotopic (exact) mass is 239 g/mol. The first-order chi connectivity index (χ1) is 8.15. The number of ether oxygens (including phenoxy) is 1. The van der Waals surface area contributed by atoms with Crippen LogP contribution in [0.1, 0.15) is 49.7 Å². The van der Waals surface area contributed by atoms with Crippen molar-refractivity contribution in [3.05, 3.63) is 11.3 Å². The van der Waals surface area contributed by atoms with Crippen molar-refractivity contribution in [2.24, 2.45) is 0 Å². The fourth-order valence-corrected chi connectivity index (χ4v) is 1.75.